The fraction of sp³-hybridized carbons (Fsp3) is 0.444. The Hall–Kier alpha value is -2.40. The van der Waals surface area contributed by atoms with Crippen molar-refractivity contribution in [1.82, 2.24) is 0 Å². The Bertz CT molecular complexity index is 1150. The van der Waals surface area contributed by atoms with Crippen LogP contribution in [0, 0.1) is 5.92 Å². The maximum atomic E-state index is 12.5. The molecule has 0 fully saturated rings. The highest BCUT2D eigenvalue weighted by Crippen LogP contribution is 2.46. The number of carbonyl (C=O) groups is 1. The van der Waals surface area contributed by atoms with E-state index in [1.54, 1.807) is 24.3 Å². The summed E-state index contributed by atoms with van der Waals surface area (Å²) in [7, 11) is -3.64. The number of fused-ring (bicyclic) bond motifs is 1. The molecule has 172 valence electrons. The maximum absolute atomic E-state index is 12.5. The van der Waals surface area contributed by atoms with Crippen molar-refractivity contribution < 1.29 is 18.3 Å². The van der Waals surface area contributed by atoms with Crippen LogP contribution < -0.4 is 0 Å². The van der Waals surface area contributed by atoms with Crippen LogP contribution >= 0.6 is 0 Å². The van der Waals surface area contributed by atoms with Gasteiger partial charge in [0, 0.05) is 0 Å². The maximum Gasteiger partial charge on any atom is 0.307 e. The zero-order valence-electron chi connectivity index (χ0n) is 19.9. The largest absolute Gasteiger partial charge is 0.481 e. The van der Waals surface area contributed by atoms with Crippen LogP contribution in [0.5, 0.6) is 0 Å². The summed E-state index contributed by atoms with van der Waals surface area (Å²) in [6, 6.07) is 13.4. The van der Waals surface area contributed by atoms with Gasteiger partial charge in [-0.05, 0) is 70.6 Å². The van der Waals surface area contributed by atoms with Gasteiger partial charge in [-0.15, -0.1) is 0 Å². The average Bonchev–Trinajstić information content (AvgIpc) is 2.71. The van der Waals surface area contributed by atoms with Gasteiger partial charge < -0.3 is 5.11 Å². The normalized spacial score (nSPS) is 18.6. The first-order chi connectivity index (χ1) is 14.7. The van der Waals surface area contributed by atoms with Gasteiger partial charge in [0.25, 0.3) is 0 Å². The van der Waals surface area contributed by atoms with Gasteiger partial charge in [0.2, 0.25) is 0 Å². The second-order valence-corrected chi connectivity index (χ2v) is 12.5. The standard InChI is InChI=1S/C27H34O4S/c1-18(21-9-12-23-24(16-21)27(5,6)14-13-26(23,3)4)15-20-7-10-22(11-8-20)32(30,31)17-19(2)25(28)29/h7-12,15-16,19H,13-14,17H2,1-6H3,(H,28,29)/b18-15+. The van der Waals surface area contributed by atoms with Gasteiger partial charge >= 0.3 is 5.97 Å². The summed E-state index contributed by atoms with van der Waals surface area (Å²) in [6.45, 7) is 12.7. The van der Waals surface area contributed by atoms with Crippen LogP contribution in [0.3, 0.4) is 0 Å². The molecule has 2 aromatic carbocycles. The van der Waals surface area contributed by atoms with E-state index < -0.39 is 27.5 Å². The molecule has 0 bridgehead atoms. The number of sulfone groups is 1. The Kier molecular flexibility index (Phi) is 6.45. The van der Waals surface area contributed by atoms with Crippen LogP contribution in [-0.4, -0.2) is 25.2 Å². The highest BCUT2D eigenvalue weighted by Gasteiger charge is 2.36. The average molecular weight is 455 g/mol. The fourth-order valence-electron chi connectivity index (χ4n) is 4.44. The molecule has 5 heteroatoms. The van der Waals surface area contributed by atoms with Gasteiger partial charge in [-0.25, -0.2) is 8.42 Å². The highest BCUT2D eigenvalue weighted by molar-refractivity contribution is 7.91. The molecule has 0 radical (unpaired) electrons. The molecule has 1 aliphatic rings. The minimum atomic E-state index is -3.64. The minimum Gasteiger partial charge on any atom is -0.481 e. The van der Waals surface area contributed by atoms with Crippen molar-refractivity contribution in [3.8, 4) is 0 Å². The number of hydrogen-bond acceptors (Lipinski definition) is 3. The Balaban J connectivity index is 1.88. The van der Waals surface area contributed by atoms with E-state index in [0.29, 0.717) is 0 Å². The lowest BCUT2D eigenvalue weighted by Gasteiger charge is -2.42. The summed E-state index contributed by atoms with van der Waals surface area (Å²) in [5, 5.41) is 9.01. The molecule has 0 amide bonds. The van der Waals surface area contributed by atoms with E-state index in [4.69, 9.17) is 5.11 Å². The molecule has 0 spiro atoms. The molecule has 1 N–H and O–H groups in total. The lowest BCUT2D eigenvalue weighted by molar-refractivity contribution is -0.140. The molecule has 1 aliphatic carbocycles. The molecule has 0 aliphatic heterocycles. The topological polar surface area (TPSA) is 71.4 Å². The number of aliphatic carboxylic acids is 1. The quantitative estimate of drug-likeness (QED) is 0.536. The molecule has 1 unspecified atom stereocenters. The van der Waals surface area contributed by atoms with E-state index in [-0.39, 0.29) is 15.7 Å². The van der Waals surface area contributed by atoms with E-state index in [0.717, 1.165) is 17.6 Å². The lowest BCUT2D eigenvalue weighted by Crippen LogP contribution is -2.33. The van der Waals surface area contributed by atoms with Gasteiger partial charge in [-0.3, -0.25) is 4.79 Å². The first-order valence-electron chi connectivity index (χ1n) is 11.1. The van der Waals surface area contributed by atoms with Crippen molar-refractivity contribution in [2.24, 2.45) is 5.92 Å². The fourth-order valence-corrected chi connectivity index (χ4v) is 5.98. The molecule has 0 saturated carbocycles. The molecule has 3 rings (SSSR count). The summed E-state index contributed by atoms with van der Waals surface area (Å²) in [5.74, 6) is -2.46. The SMILES string of the molecule is C/C(=C\c1ccc(S(=O)(=O)CC(C)C(=O)O)cc1)c1ccc2c(c1)C(C)(C)CCC2(C)C. The Labute approximate surface area is 192 Å². The van der Waals surface area contributed by atoms with Gasteiger partial charge in [-0.1, -0.05) is 71.0 Å². The molecule has 1 atom stereocenters. The van der Waals surface area contributed by atoms with Gasteiger partial charge in [0.15, 0.2) is 9.84 Å². The summed E-state index contributed by atoms with van der Waals surface area (Å²) < 4.78 is 24.9. The first-order valence-corrected chi connectivity index (χ1v) is 12.8. The third-order valence-corrected chi connectivity index (χ3v) is 8.75. The summed E-state index contributed by atoms with van der Waals surface area (Å²) >= 11 is 0. The summed E-state index contributed by atoms with van der Waals surface area (Å²) in [6.07, 6.45) is 4.40. The van der Waals surface area contributed by atoms with Crippen LogP contribution in [0.15, 0.2) is 47.4 Å². The Morgan fingerprint density at radius 1 is 1.00 bits per heavy atom. The van der Waals surface area contributed by atoms with Crippen LogP contribution in [-0.2, 0) is 25.5 Å². The molecule has 0 aromatic heterocycles. The highest BCUT2D eigenvalue weighted by atomic mass is 32.2. The van der Waals surface area contributed by atoms with Crippen LogP contribution in [0.4, 0.5) is 0 Å². The third kappa shape index (κ3) is 4.98. The van der Waals surface area contributed by atoms with Crippen molar-refractivity contribution >= 4 is 27.5 Å². The summed E-state index contributed by atoms with van der Waals surface area (Å²) in [4.78, 5) is 11.2. The number of allylic oxidation sites excluding steroid dienone is 1. The second kappa shape index (κ2) is 8.51. The van der Waals surface area contributed by atoms with Crippen molar-refractivity contribution in [3.63, 3.8) is 0 Å². The van der Waals surface area contributed by atoms with Crippen LogP contribution in [0.2, 0.25) is 0 Å². The first kappa shape index (κ1) is 24.2. The van der Waals surface area contributed by atoms with E-state index in [1.165, 1.54) is 30.0 Å². The Morgan fingerprint density at radius 2 is 1.56 bits per heavy atom. The lowest BCUT2D eigenvalue weighted by atomic mass is 9.63. The third-order valence-electron chi connectivity index (χ3n) is 6.82. The second-order valence-electron chi connectivity index (χ2n) is 10.4. The predicted molar refractivity (Wildman–Crippen MR) is 131 cm³/mol. The molecular weight excluding hydrogens is 420 g/mol. The van der Waals surface area contributed by atoms with Crippen LogP contribution in [0.1, 0.15) is 76.6 Å². The van der Waals surface area contributed by atoms with E-state index in [2.05, 4.69) is 58.9 Å². The monoisotopic (exact) mass is 454 g/mol. The van der Waals surface area contributed by atoms with E-state index >= 15 is 0 Å². The van der Waals surface area contributed by atoms with E-state index in [1.807, 2.05) is 0 Å². The van der Waals surface area contributed by atoms with Crippen molar-refractivity contribution in [3.05, 3.63) is 64.7 Å². The van der Waals surface area contributed by atoms with Crippen molar-refractivity contribution in [2.75, 3.05) is 5.75 Å². The Morgan fingerprint density at radius 3 is 2.12 bits per heavy atom. The van der Waals surface area contributed by atoms with Crippen LogP contribution in [0.25, 0.3) is 11.6 Å². The number of carboxylic acid groups (broad SMARTS) is 1. The molecule has 4 nitrogen and oxygen atoms in total. The molecular formula is C27H34O4S. The zero-order valence-corrected chi connectivity index (χ0v) is 20.7. The van der Waals surface area contributed by atoms with Gasteiger partial charge in [-0.2, -0.15) is 0 Å². The number of benzene rings is 2. The summed E-state index contributed by atoms with van der Waals surface area (Å²) in [5.41, 5.74) is 6.35. The van der Waals surface area contributed by atoms with Gasteiger partial charge in [0.05, 0.1) is 16.6 Å². The minimum absolute atomic E-state index is 0.143. The molecule has 0 heterocycles. The van der Waals surface area contributed by atoms with Crippen molar-refractivity contribution in [2.45, 2.75) is 70.1 Å². The number of hydrogen-bond donors (Lipinski definition) is 1. The van der Waals surface area contributed by atoms with Crippen molar-refractivity contribution in [1.29, 1.82) is 0 Å². The number of carboxylic acids is 1. The zero-order chi connectivity index (χ0) is 23.9. The molecule has 32 heavy (non-hydrogen) atoms. The molecule has 2 aromatic rings. The smallest absolute Gasteiger partial charge is 0.307 e. The molecule has 0 saturated heterocycles. The number of rotatable bonds is 6. The van der Waals surface area contributed by atoms with E-state index in [9.17, 15) is 13.2 Å². The van der Waals surface area contributed by atoms with Gasteiger partial charge in [0.1, 0.15) is 0 Å². The predicted octanol–water partition coefficient (Wildman–Crippen LogP) is 6.09.